The fraction of sp³-hybridized carbons (Fsp3) is 0.214. The number of rotatable bonds is 2. The Morgan fingerprint density at radius 3 is 2.61 bits per heavy atom. The van der Waals surface area contributed by atoms with Crippen molar-refractivity contribution in [1.82, 2.24) is 20.2 Å². The summed E-state index contributed by atoms with van der Waals surface area (Å²) >= 11 is 0. The van der Waals surface area contributed by atoms with Gasteiger partial charge in [0.15, 0.2) is 0 Å². The van der Waals surface area contributed by atoms with Crippen molar-refractivity contribution in [3.05, 3.63) is 42.4 Å². The van der Waals surface area contributed by atoms with Crippen LogP contribution in [0.3, 0.4) is 0 Å². The zero-order valence-electron chi connectivity index (χ0n) is 10.4. The lowest BCUT2D eigenvalue weighted by Gasteiger charge is -2.09. The Kier molecular flexibility index (Phi) is 2.55. The highest BCUT2D eigenvalue weighted by Crippen LogP contribution is 2.25. The monoisotopic (exact) mass is 238 g/mol. The van der Waals surface area contributed by atoms with Crippen LogP contribution in [0.25, 0.3) is 22.3 Å². The Labute approximate surface area is 105 Å². The maximum Gasteiger partial charge on any atom is 0.132 e. The topological polar surface area (TPSA) is 54.5 Å². The van der Waals surface area contributed by atoms with Crippen molar-refractivity contribution in [2.24, 2.45) is 0 Å². The predicted octanol–water partition coefficient (Wildman–Crippen LogP) is 3.14. The number of fused-ring (bicyclic) bond motifs is 1. The van der Waals surface area contributed by atoms with Crippen LogP contribution >= 0.6 is 0 Å². The molecule has 0 aliphatic rings. The van der Waals surface area contributed by atoms with Crippen LogP contribution in [0, 0.1) is 0 Å². The highest BCUT2D eigenvalue weighted by molar-refractivity contribution is 5.91. The number of H-pyrrole nitrogens is 1. The zero-order chi connectivity index (χ0) is 12.5. The molecule has 0 saturated heterocycles. The Balaban J connectivity index is 2.34. The van der Waals surface area contributed by atoms with Crippen molar-refractivity contribution in [1.29, 1.82) is 0 Å². The molecule has 0 fully saturated rings. The molecule has 0 bridgehead atoms. The molecule has 0 spiro atoms. The van der Waals surface area contributed by atoms with Gasteiger partial charge in [-0.05, 0) is 12.1 Å². The molecule has 0 saturated carbocycles. The summed E-state index contributed by atoms with van der Waals surface area (Å²) in [6, 6.07) is 9.98. The highest BCUT2D eigenvalue weighted by Gasteiger charge is 2.12. The SMILES string of the molecule is CC(C)c1nc(-c2ccn[nH]2)c2ccccc2n1. The number of hydrogen-bond donors (Lipinski definition) is 1. The van der Waals surface area contributed by atoms with Crippen molar-refractivity contribution in [2.75, 3.05) is 0 Å². The second kappa shape index (κ2) is 4.22. The minimum Gasteiger partial charge on any atom is -0.276 e. The fourth-order valence-electron chi connectivity index (χ4n) is 1.95. The van der Waals surface area contributed by atoms with Crippen molar-refractivity contribution < 1.29 is 0 Å². The molecule has 1 aromatic carbocycles. The van der Waals surface area contributed by atoms with Crippen molar-refractivity contribution in [3.8, 4) is 11.4 Å². The maximum absolute atomic E-state index is 4.66. The lowest BCUT2D eigenvalue weighted by atomic mass is 10.1. The Hall–Kier alpha value is -2.23. The molecule has 0 aliphatic carbocycles. The molecule has 4 nitrogen and oxygen atoms in total. The Bertz CT molecular complexity index is 671. The molecular weight excluding hydrogens is 224 g/mol. The average molecular weight is 238 g/mol. The van der Waals surface area contributed by atoms with E-state index in [1.54, 1.807) is 6.20 Å². The van der Waals surface area contributed by atoms with Gasteiger partial charge in [0.25, 0.3) is 0 Å². The molecule has 3 rings (SSSR count). The standard InChI is InChI=1S/C14H14N4/c1-9(2)14-16-11-6-4-3-5-10(11)13(17-14)12-7-8-15-18-12/h3-9H,1-2H3,(H,15,18). The summed E-state index contributed by atoms with van der Waals surface area (Å²) in [4.78, 5) is 9.26. The number of nitrogens with one attached hydrogen (secondary N) is 1. The number of aromatic nitrogens is 4. The van der Waals surface area contributed by atoms with Gasteiger partial charge < -0.3 is 0 Å². The molecule has 0 atom stereocenters. The predicted molar refractivity (Wildman–Crippen MR) is 71.2 cm³/mol. The molecule has 2 aromatic heterocycles. The first-order valence-electron chi connectivity index (χ1n) is 6.02. The van der Waals surface area contributed by atoms with Gasteiger partial charge in [-0.1, -0.05) is 32.0 Å². The van der Waals surface area contributed by atoms with E-state index in [1.165, 1.54) is 0 Å². The molecule has 18 heavy (non-hydrogen) atoms. The molecule has 1 N–H and O–H groups in total. The number of aromatic amines is 1. The van der Waals surface area contributed by atoms with Crippen molar-refractivity contribution >= 4 is 10.9 Å². The molecule has 2 heterocycles. The van der Waals surface area contributed by atoms with E-state index in [0.717, 1.165) is 28.1 Å². The van der Waals surface area contributed by atoms with Crippen LogP contribution < -0.4 is 0 Å². The van der Waals surface area contributed by atoms with E-state index in [1.807, 2.05) is 30.3 Å². The molecule has 0 unspecified atom stereocenters. The van der Waals surface area contributed by atoms with Crippen LogP contribution in [-0.4, -0.2) is 20.2 Å². The summed E-state index contributed by atoms with van der Waals surface area (Å²) < 4.78 is 0. The first-order chi connectivity index (χ1) is 8.75. The van der Waals surface area contributed by atoms with Crippen molar-refractivity contribution in [2.45, 2.75) is 19.8 Å². The van der Waals surface area contributed by atoms with Crippen LogP contribution in [0.2, 0.25) is 0 Å². The maximum atomic E-state index is 4.66. The number of benzene rings is 1. The van der Waals surface area contributed by atoms with Gasteiger partial charge in [0, 0.05) is 17.5 Å². The van der Waals surface area contributed by atoms with E-state index in [0.29, 0.717) is 5.92 Å². The van der Waals surface area contributed by atoms with E-state index in [2.05, 4.69) is 34.0 Å². The lowest BCUT2D eigenvalue weighted by Crippen LogP contribution is -2.00. The summed E-state index contributed by atoms with van der Waals surface area (Å²) in [7, 11) is 0. The van der Waals surface area contributed by atoms with Gasteiger partial charge in [-0.25, -0.2) is 9.97 Å². The van der Waals surface area contributed by atoms with Crippen LogP contribution in [0.5, 0.6) is 0 Å². The van der Waals surface area contributed by atoms with Gasteiger partial charge in [0.1, 0.15) is 5.82 Å². The third kappa shape index (κ3) is 1.76. The third-order valence-corrected chi connectivity index (χ3v) is 2.89. The summed E-state index contributed by atoms with van der Waals surface area (Å²) in [5.74, 6) is 1.16. The van der Waals surface area contributed by atoms with E-state index < -0.39 is 0 Å². The first kappa shape index (κ1) is 10.9. The minimum atomic E-state index is 0.302. The summed E-state index contributed by atoms with van der Waals surface area (Å²) in [6.45, 7) is 4.20. The summed E-state index contributed by atoms with van der Waals surface area (Å²) in [5.41, 5.74) is 2.82. The highest BCUT2D eigenvalue weighted by atomic mass is 15.1. The zero-order valence-corrected chi connectivity index (χ0v) is 10.4. The smallest absolute Gasteiger partial charge is 0.132 e. The van der Waals surface area contributed by atoms with Crippen molar-refractivity contribution in [3.63, 3.8) is 0 Å². The average Bonchev–Trinajstić information content (AvgIpc) is 2.91. The molecular formula is C14H14N4. The lowest BCUT2D eigenvalue weighted by molar-refractivity contribution is 0.784. The Morgan fingerprint density at radius 1 is 1.06 bits per heavy atom. The summed E-state index contributed by atoms with van der Waals surface area (Å²) in [5, 5.41) is 8.01. The Morgan fingerprint density at radius 2 is 1.89 bits per heavy atom. The second-order valence-corrected chi connectivity index (χ2v) is 4.57. The molecule has 3 aromatic rings. The van der Waals surface area contributed by atoms with E-state index in [9.17, 15) is 0 Å². The van der Waals surface area contributed by atoms with Gasteiger partial charge in [-0.15, -0.1) is 0 Å². The normalized spacial score (nSPS) is 11.3. The van der Waals surface area contributed by atoms with E-state index in [4.69, 9.17) is 0 Å². The second-order valence-electron chi connectivity index (χ2n) is 4.57. The quantitative estimate of drug-likeness (QED) is 0.746. The largest absolute Gasteiger partial charge is 0.276 e. The van der Waals surface area contributed by atoms with Crippen LogP contribution in [0.15, 0.2) is 36.5 Å². The first-order valence-corrected chi connectivity index (χ1v) is 6.02. The number of para-hydroxylation sites is 1. The van der Waals surface area contributed by atoms with Crippen LogP contribution in [0.4, 0.5) is 0 Å². The van der Waals surface area contributed by atoms with Crippen LogP contribution in [0.1, 0.15) is 25.6 Å². The minimum absolute atomic E-state index is 0.302. The number of nitrogens with zero attached hydrogens (tertiary/aromatic N) is 3. The van der Waals surface area contributed by atoms with Crippen LogP contribution in [-0.2, 0) is 0 Å². The third-order valence-electron chi connectivity index (χ3n) is 2.89. The molecule has 4 heteroatoms. The molecule has 0 radical (unpaired) electrons. The summed E-state index contributed by atoms with van der Waals surface area (Å²) in [6.07, 6.45) is 1.74. The van der Waals surface area contributed by atoms with Gasteiger partial charge in [-0.3, -0.25) is 5.10 Å². The van der Waals surface area contributed by atoms with Gasteiger partial charge in [0.2, 0.25) is 0 Å². The fourth-order valence-corrected chi connectivity index (χ4v) is 1.95. The molecule has 0 amide bonds. The molecule has 90 valence electrons. The molecule has 0 aliphatic heterocycles. The number of hydrogen-bond acceptors (Lipinski definition) is 3. The van der Waals surface area contributed by atoms with Gasteiger partial charge in [0.05, 0.1) is 16.9 Å². The van der Waals surface area contributed by atoms with E-state index >= 15 is 0 Å². The van der Waals surface area contributed by atoms with Gasteiger partial charge in [-0.2, -0.15) is 5.10 Å². The van der Waals surface area contributed by atoms with Gasteiger partial charge >= 0.3 is 0 Å². The van der Waals surface area contributed by atoms with E-state index in [-0.39, 0.29) is 0 Å².